The van der Waals surface area contributed by atoms with E-state index in [1.807, 2.05) is 48.5 Å². The van der Waals surface area contributed by atoms with Crippen LogP contribution in [0.4, 0.5) is 5.69 Å². The van der Waals surface area contributed by atoms with Crippen LogP contribution in [-0.2, 0) is 5.54 Å². The highest BCUT2D eigenvalue weighted by molar-refractivity contribution is 8.93. The van der Waals surface area contributed by atoms with Gasteiger partial charge in [0.15, 0.2) is 11.0 Å². The van der Waals surface area contributed by atoms with Crippen molar-refractivity contribution in [3.63, 3.8) is 0 Å². The van der Waals surface area contributed by atoms with Crippen LogP contribution in [0, 0.1) is 0 Å². The molecule has 2 aliphatic heterocycles. The van der Waals surface area contributed by atoms with E-state index >= 15 is 0 Å². The third-order valence-corrected chi connectivity index (χ3v) is 6.24. The van der Waals surface area contributed by atoms with E-state index in [1.54, 1.807) is 11.8 Å². The number of halogens is 1. The third kappa shape index (κ3) is 3.19. The summed E-state index contributed by atoms with van der Waals surface area (Å²) in [6.45, 7) is 0.689. The van der Waals surface area contributed by atoms with Gasteiger partial charge in [-0.25, -0.2) is 4.99 Å². The fourth-order valence-electron chi connectivity index (χ4n) is 3.83. The van der Waals surface area contributed by atoms with E-state index in [-0.39, 0.29) is 22.8 Å². The van der Waals surface area contributed by atoms with Gasteiger partial charge in [-0.05, 0) is 29.5 Å². The first-order valence-electron chi connectivity index (χ1n) is 9.03. The summed E-state index contributed by atoms with van der Waals surface area (Å²) < 4.78 is 0. The van der Waals surface area contributed by atoms with Crippen LogP contribution in [0.1, 0.15) is 22.3 Å². The minimum atomic E-state index is -0.552. The second-order valence-electron chi connectivity index (χ2n) is 6.91. The highest BCUT2D eigenvalue weighted by atomic mass is 79.9. The maximum atomic E-state index is 13.0. The molecule has 0 amide bonds. The molecule has 140 valence electrons. The van der Waals surface area contributed by atoms with Crippen molar-refractivity contribution in [1.29, 1.82) is 0 Å². The fourth-order valence-corrected chi connectivity index (χ4v) is 4.95. The Kier molecular flexibility index (Phi) is 5.13. The van der Waals surface area contributed by atoms with Crippen molar-refractivity contribution in [2.24, 2.45) is 4.99 Å². The molecule has 0 saturated heterocycles. The molecule has 0 aromatic heterocycles. The van der Waals surface area contributed by atoms with Crippen molar-refractivity contribution in [2.45, 2.75) is 16.9 Å². The third-order valence-electron chi connectivity index (χ3n) is 5.18. The van der Waals surface area contributed by atoms with E-state index in [4.69, 9.17) is 4.99 Å². The number of amidine groups is 1. The molecule has 5 rings (SSSR count). The molecule has 1 atom stereocenters. The van der Waals surface area contributed by atoms with E-state index in [9.17, 15) is 4.79 Å². The molecular formula is C23H19BrN2OS. The quantitative estimate of drug-likeness (QED) is 0.476. The summed E-state index contributed by atoms with van der Waals surface area (Å²) in [5, 5.41) is 0.987. The summed E-state index contributed by atoms with van der Waals surface area (Å²) in [7, 11) is 0. The summed E-state index contributed by atoms with van der Waals surface area (Å²) in [6.07, 6.45) is 0.365. The minimum absolute atomic E-state index is 0. The predicted octanol–water partition coefficient (Wildman–Crippen LogP) is 5.71. The monoisotopic (exact) mass is 450 g/mol. The molecule has 0 radical (unpaired) electrons. The first-order chi connectivity index (χ1) is 13.3. The topological polar surface area (TPSA) is 32.7 Å². The van der Waals surface area contributed by atoms with Crippen LogP contribution in [0.15, 0.2) is 94.8 Å². The maximum Gasteiger partial charge on any atom is 0.169 e. The molecule has 0 N–H and O–H groups in total. The Hall–Kier alpha value is -2.37. The number of para-hydroxylation sites is 1. The first-order valence-corrected chi connectivity index (χ1v) is 9.85. The van der Waals surface area contributed by atoms with Crippen LogP contribution in [0.3, 0.4) is 0 Å². The Balaban J connectivity index is 0.00000192. The molecule has 3 aromatic carbocycles. The van der Waals surface area contributed by atoms with Gasteiger partial charge in [0.25, 0.3) is 0 Å². The Labute approximate surface area is 179 Å². The van der Waals surface area contributed by atoms with E-state index in [2.05, 4.69) is 41.3 Å². The Morgan fingerprint density at radius 1 is 0.929 bits per heavy atom. The summed E-state index contributed by atoms with van der Waals surface area (Å²) in [5.41, 5.74) is 2.47. The number of Topliss-reactive ketones (excluding diaryl/α,β-unsaturated/α-hetero) is 1. The molecule has 0 aliphatic carbocycles. The fraction of sp³-hybridized carbons (Fsp3) is 0.130. The van der Waals surface area contributed by atoms with Crippen molar-refractivity contribution in [1.82, 2.24) is 0 Å². The van der Waals surface area contributed by atoms with Crippen LogP contribution in [0.25, 0.3) is 0 Å². The SMILES string of the molecule is Br.O=C(CC1(c2ccccc2)CN2C(=N1)Sc1ccccc12)c1ccccc1. The first kappa shape index (κ1) is 19.0. The zero-order valence-electron chi connectivity index (χ0n) is 15.1. The minimum Gasteiger partial charge on any atom is -0.317 e. The lowest BCUT2D eigenvalue weighted by molar-refractivity contribution is 0.0955. The standard InChI is InChI=1S/C23H18N2OS.BrH/c26-20(17-9-3-1-4-10-17)15-23(18-11-5-2-6-12-18)16-25-19-13-7-8-14-21(19)27-22(25)24-23;/h1-14H,15-16H2;1H. The smallest absolute Gasteiger partial charge is 0.169 e. The highest BCUT2D eigenvalue weighted by Crippen LogP contribution is 2.48. The number of ketones is 1. The Morgan fingerprint density at radius 3 is 2.32 bits per heavy atom. The van der Waals surface area contributed by atoms with E-state index < -0.39 is 5.54 Å². The number of fused-ring (bicyclic) bond motifs is 3. The molecule has 0 bridgehead atoms. The largest absolute Gasteiger partial charge is 0.317 e. The van der Waals surface area contributed by atoms with Gasteiger partial charge in [0, 0.05) is 16.9 Å². The molecular weight excluding hydrogens is 432 g/mol. The van der Waals surface area contributed by atoms with Crippen molar-refractivity contribution in [3.8, 4) is 0 Å². The molecule has 28 heavy (non-hydrogen) atoms. The average Bonchev–Trinajstić information content (AvgIpc) is 3.24. The molecule has 2 aliphatic rings. The van der Waals surface area contributed by atoms with Crippen LogP contribution in [0.2, 0.25) is 0 Å². The Morgan fingerprint density at radius 2 is 1.57 bits per heavy atom. The van der Waals surface area contributed by atoms with E-state index in [0.29, 0.717) is 13.0 Å². The highest BCUT2D eigenvalue weighted by Gasteiger charge is 2.46. The lowest BCUT2D eigenvalue weighted by atomic mass is 9.84. The molecule has 2 heterocycles. The van der Waals surface area contributed by atoms with E-state index in [1.165, 1.54) is 10.6 Å². The average molecular weight is 451 g/mol. The number of hydrogen-bond acceptors (Lipinski definition) is 4. The van der Waals surface area contributed by atoms with Crippen molar-refractivity contribution in [3.05, 3.63) is 96.1 Å². The molecule has 1 unspecified atom stereocenters. The summed E-state index contributed by atoms with van der Waals surface area (Å²) in [6, 6.07) is 28.1. The zero-order valence-corrected chi connectivity index (χ0v) is 17.6. The number of benzene rings is 3. The zero-order chi connectivity index (χ0) is 18.3. The van der Waals surface area contributed by atoms with Gasteiger partial charge < -0.3 is 4.90 Å². The van der Waals surface area contributed by atoms with Gasteiger partial charge in [-0.15, -0.1) is 17.0 Å². The predicted molar refractivity (Wildman–Crippen MR) is 121 cm³/mol. The Bertz CT molecular complexity index is 1040. The molecule has 3 nitrogen and oxygen atoms in total. The van der Waals surface area contributed by atoms with Crippen LogP contribution < -0.4 is 4.90 Å². The molecule has 3 aromatic rings. The summed E-state index contributed by atoms with van der Waals surface area (Å²) >= 11 is 1.69. The lowest BCUT2D eigenvalue weighted by Crippen LogP contribution is -2.34. The van der Waals surface area contributed by atoms with Gasteiger partial charge in [-0.1, -0.05) is 72.8 Å². The van der Waals surface area contributed by atoms with E-state index in [0.717, 1.165) is 16.3 Å². The molecule has 0 fully saturated rings. The molecule has 5 heteroatoms. The van der Waals surface area contributed by atoms with Gasteiger partial charge in [0.1, 0.15) is 5.54 Å². The van der Waals surface area contributed by atoms with Gasteiger partial charge in [-0.3, -0.25) is 4.79 Å². The second-order valence-corrected chi connectivity index (χ2v) is 7.92. The van der Waals surface area contributed by atoms with Gasteiger partial charge in [-0.2, -0.15) is 0 Å². The normalized spacial score (nSPS) is 19.4. The van der Waals surface area contributed by atoms with Crippen molar-refractivity contribution < 1.29 is 4.79 Å². The number of nitrogens with zero attached hydrogens (tertiary/aromatic N) is 2. The number of anilines is 1. The molecule has 0 spiro atoms. The van der Waals surface area contributed by atoms with Crippen molar-refractivity contribution >= 4 is 45.4 Å². The number of thioether (sulfide) groups is 1. The number of carbonyl (C=O) groups excluding carboxylic acids is 1. The van der Waals surface area contributed by atoms with Crippen LogP contribution in [0.5, 0.6) is 0 Å². The van der Waals surface area contributed by atoms with Gasteiger partial charge in [0.2, 0.25) is 0 Å². The number of aliphatic imine (C=N–C) groups is 1. The second kappa shape index (κ2) is 7.57. The van der Waals surface area contributed by atoms with Crippen LogP contribution in [-0.4, -0.2) is 17.5 Å². The van der Waals surface area contributed by atoms with Gasteiger partial charge >= 0.3 is 0 Å². The molecule has 0 saturated carbocycles. The maximum absolute atomic E-state index is 13.0. The number of hydrogen-bond donors (Lipinski definition) is 0. The van der Waals surface area contributed by atoms with Crippen molar-refractivity contribution in [2.75, 3.05) is 11.4 Å². The number of carbonyl (C=O) groups is 1. The summed E-state index contributed by atoms with van der Waals surface area (Å²) in [5.74, 6) is 0.128. The van der Waals surface area contributed by atoms with Gasteiger partial charge in [0.05, 0.1) is 12.2 Å². The summed E-state index contributed by atoms with van der Waals surface area (Å²) in [4.78, 5) is 21.7. The van der Waals surface area contributed by atoms with Crippen LogP contribution >= 0.6 is 28.7 Å². The lowest BCUT2D eigenvalue weighted by Gasteiger charge is -2.28. The number of rotatable bonds is 4.